The lowest BCUT2D eigenvalue weighted by atomic mass is 9.95. The van der Waals surface area contributed by atoms with Crippen molar-refractivity contribution >= 4 is 17.4 Å². The molecule has 3 aromatic rings. The number of ether oxygens (including phenoxy) is 4. The first-order valence-corrected chi connectivity index (χ1v) is 12.2. The minimum Gasteiger partial charge on any atom is -0.507 e. The highest BCUT2D eigenvalue weighted by Crippen LogP contribution is 2.42. The molecule has 1 atom stereocenters. The summed E-state index contributed by atoms with van der Waals surface area (Å²) in [6.45, 7) is 4.00. The number of hydrogen-bond acceptors (Lipinski definition) is 7. The predicted octanol–water partition coefficient (Wildman–Crippen LogP) is 5.12. The maximum atomic E-state index is 13.4. The van der Waals surface area contributed by atoms with Gasteiger partial charge in [-0.25, -0.2) is 0 Å². The maximum absolute atomic E-state index is 13.4. The average Bonchev–Trinajstić information content (AvgIpc) is 3.17. The Morgan fingerprint density at radius 3 is 2.21 bits per heavy atom. The van der Waals surface area contributed by atoms with Crippen molar-refractivity contribution in [3.63, 3.8) is 0 Å². The van der Waals surface area contributed by atoms with Gasteiger partial charge in [0.05, 0.1) is 39.0 Å². The first kappa shape index (κ1) is 26.6. The number of amides is 1. The minimum atomic E-state index is -0.831. The Hall–Kier alpha value is -4.46. The topological polar surface area (TPSA) is 94.5 Å². The Morgan fingerprint density at radius 1 is 0.868 bits per heavy atom. The molecule has 0 spiro atoms. The number of nitrogens with zero attached hydrogens (tertiary/aromatic N) is 1. The van der Waals surface area contributed by atoms with E-state index in [0.717, 1.165) is 5.56 Å². The molecule has 1 unspecified atom stereocenters. The van der Waals surface area contributed by atoms with E-state index in [1.165, 1.54) is 19.1 Å². The molecule has 1 aliphatic heterocycles. The van der Waals surface area contributed by atoms with Crippen LogP contribution < -0.4 is 18.9 Å². The number of aliphatic hydroxyl groups is 1. The molecule has 1 heterocycles. The molecule has 1 saturated heterocycles. The normalized spacial score (nSPS) is 16.6. The van der Waals surface area contributed by atoms with Crippen LogP contribution in [0.25, 0.3) is 5.76 Å². The van der Waals surface area contributed by atoms with Gasteiger partial charge >= 0.3 is 0 Å². The predicted molar refractivity (Wildman–Crippen MR) is 143 cm³/mol. The molecule has 8 heteroatoms. The van der Waals surface area contributed by atoms with Crippen LogP contribution in [0.3, 0.4) is 0 Å². The second-order valence-electron chi connectivity index (χ2n) is 9.08. The Labute approximate surface area is 222 Å². The maximum Gasteiger partial charge on any atom is 0.295 e. The van der Waals surface area contributed by atoms with Gasteiger partial charge < -0.3 is 29.0 Å². The summed E-state index contributed by atoms with van der Waals surface area (Å²) in [5.74, 6) is 0.373. The van der Waals surface area contributed by atoms with E-state index in [9.17, 15) is 14.7 Å². The number of carbonyl (C=O) groups excluding carboxylic acids is 2. The summed E-state index contributed by atoms with van der Waals surface area (Å²) in [6.07, 6.45) is -0.00963. The van der Waals surface area contributed by atoms with E-state index in [0.29, 0.717) is 34.1 Å². The molecule has 4 rings (SSSR count). The van der Waals surface area contributed by atoms with Gasteiger partial charge in [-0.05, 0) is 67.4 Å². The highest BCUT2D eigenvalue weighted by molar-refractivity contribution is 6.46. The van der Waals surface area contributed by atoms with Crippen LogP contribution in [0.5, 0.6) is 23.0 Å². The summed E-state index contributed by atoms with van der Waals surface area (Å²) in [7, 11) is 4.55. The summed E-state index contributed by atoms with van der Waals surface area (Å²) in [6, 6.07) is 18.5. The molecule has 3 aromatic carbocycles. The number of Topliss-reactive ketones (excluding diaryl/α,β-unsaturated/α-hetero) is 1. The van der Waals surface area contributed by atoms with Gasteiger partial charge in [0.15, 0.2) is 11.5 Å². The summed E-state index contributed by atoms with van der Waals surface area (Å²) >= 11 is 0. The van der Waals surface area contributed by atoms with Crippen molar-refractivity contribution in [2.45, 2.75) is 32.5 Å². The Bertz CT molecular complexity index is 1360. The van der Waals surface area contributed by atoms with Gasteiger partial charge in [-0.1, -0.05) is 24.3 Å². The van der Waals surface area contributed by atoms with E-state index >= 15 is 0 Å². The fourth-order valence-electron chi connectivity index (χ4n) is 4.50. The lowest BCUT2D eigenvalue weighted by Gasteiger charge is -2.26. The highest BCUT2D eigenvalue weighted by Gasteiger charge is 2.46. The van der Waals surface area contributed by atoms with Crippen LogP contribution in [0, 0.1) is 0 Å². The lowest BCUT2D eigenvalue weighted by Crippen LogP contribution is -2.29. The zero-order chi connectivity index (χ0) is 27.4. The summed E-state index contributed by atoms with van der Waals surface area (Å²) in [5.41, 5.74) is 1.75. The molecule has 1 amide bonds. The van der Waals surface area contributed by atoms with Crippen molar-refractivity contribution in [3.8, 4) is 23.0 Å². The van der Waals surface area contributed by atoms with Crippen LogP contribution >= 0.6 is 0 Å². The van der Waals surface area contributed by atoms with Gasteiger partial charge in [-0.3, -0.25) is 9.59 Å². The molecule has 1 N–H and O–H groups in total. The van der Waals surface area contributed by atoms with Gasteiger partial charge in [0, 0.05) is 12.1 Å². The Kier molecular flexibility index (Phi) is 7.90. The van der Waals surface area contributed by atoms with E-state index in [4.69, 9.17) is 18.9 Å². The molecular formula is C30H31NO7. The number of hydrogen-bond donors (Lipinski definition) is 1. The Balaban J connectivity index is 1.84. The van der Waals surface area contributed by atoms with E-state index in [1.54, 1.807) is 55.6 Å². The van der Waals surface area contributed by atoms with Gasteiger partial charge in [-0.2, -0.15) is 0 Å². The smallest absolute Gasteiger partial charge is 0.295 e. The second-order valence-corrected chi connectivity index (χ2v) is 9.08. The standard InChI is InChI=1S/C30H31NO7/c1-18(2)38-22-12-9-20(10-13-22)27-26(28(32)21-11-14-24(36-4)25(16-21)37-5)29(33)30(34)31(27)17-19-7-6-8-23(15-19)35-3/h6-16,18,27,32H,17H2,1-5H3/b28-26-. The van der Waals surface area contributed by atoms with Crippen LogP contribution in [0.1, 0.15) is 36.6 Å². The minimum absolute atomic E-state index is 0.00963. The summed E-state index contributed by atoms with van der Waals surface area (Å²) < 4.78 is 21.8. The fourth-order valence-corrected chi connectivity index (χ4v) is 4.50. The number of ketones is 1. The fraction of sp³-hybridized carbons (Fsp3) is 0.267. The van der Waals surface area contributed by atoms with Crippen molar-refractivity contribution in [2.24, 2.45) is 0 Å². The Morgan fingerprint density at radius 2 is 1.58 bits per heavy atom. The molecule has 0 aliphatic carbocycles. The van der Waals surface area contributed by atoms with Crippen molar-refractivity contribution in [1.82, 2.24) is 4.90 Å². The average molecular weight is 518 g/mol. The van der Waals surface area contributed by atoms with Gasteiger partial charge in [-0.15, -0.1) is 0 Å². The number of carbonyl (C=O) groups is 2. The molecule has 1 fully saturated rings. The third-order valence-electron chi connectivity index (χ3n) is 6.25. The van der Waals surface area contributed by atoms with E-state index < -0.39 is 17.7 Å². The van der Waals surface area contributed by atoms with Crippen LogP contribution in [0.4, 0.5) is 0 Å². The van der Waals surface area contributed by atoms with E-state index in [2.05, 4.69) is 0 Å². The SMILES string of the molecule is COc1cccc(CN2C(=O)C(=O)/C(=C(\O)c3ccc(OC)c(OC)c3)C2c2ccc(OC(C)C)cc2)c1. The number of methoxy groups -OCH3 is 3. The van der Waals surface area contributed by atoms with Crippen LogP contribution in [-0.4, -0.2) is 49.1 Å². The molecule has 0 aromatic heterocycles. The molecule has 0 radical (unpaired) electrons. The zero-order valence-electron chi connectivity index (χ0n) is 22.1. The van der Waals surface area contributed by atoms with Crippen LogP contribution in [-0.2, 0) is 16.1 Å². The summed E-state index contributed by atoms with van der Waals surface area (Å²) in [5, 5.41) is 11.4. The van der Waals surface area contributed by atoms with Crippen LogP contribution in [0.2, 0.25) is 0 Å². The third kappa shape index (κ3) is 5.29. The summed E-state index contributed by atoms with van der Waals surface area (Å²) in [4.78, 5) is 28.2. The van der Waals surface area contributed by atoms with Crippen LogP contribution in [0.15, 0.2) is 72.3 Å². The van der Waals surface area contributed by atoms with Crippen molar-refractivity contribution in [1.29, 1.82) is 0 Å². The largest absolute Gasteiger partial charge is 0.507 e. The first-order chi connectivity index (χ1) is 18.3. The van der Waals surface area contributed by atoms with Gasteiger partial charge in [0.1, 0.15) is 17.3 Å². The third-order valence-corrected chi connectivity index (χ3v) is 6.25. The monoisotopic (exact) mass is 517 g/mol. The van der Waals surface area contributed by atoms with E-state index in [-0.39, 0.29) is 24.0 Å². The van der Waals surface area contributed by atoms with Gasteiger partial charge in [0.2, 0.25) is 0 Å². The molecule has 8 nitrogen and oxygen atoms in total. The molecule has 38 heavy (non-hydrogen) atoms. The highest BCUT2D eigenvalue weighted by atomic mass is 16.5. The lowest BCUT2D eigenvalue weighted by molar-refractivity contribution is -0.140. The molecule has 0 bridgehead atoms. The van der Waals surface area contributed by atoms with Crippen molar-refractivity contribution < 1.29 is 33.6 Å². The second kappa shape index (κ2) is 11.3. The number of likely N-dealkylation sites (tertiary alicyclic amines) is 1. The quantitative estimate of drug-likeness (QED) is 0.239. The van der Waals surface area contributed by atoms with E-state index in [1.807, 2.05) is 32.0 Å². The molecule has 0 saturated carbocycles. The molecular weight excluding hydrogens is 486 g/mol. The van der Waals surface area contributed by atoms with Crippen molar-refractivity contribution in [2.75, 3.05) is 21.3 Å². The first-order valence-electron chi connectivity index (χ1n) is 12.2. The number of benzene rings is 3. The van der Waals surface area contributed by atoms with Gasteiger partial charge in [0.25, 0.3) is 11.7 Å². The number of rotatable bonds is 9. The zero-order valence-corrected chi connectivity index (χ0v) is 22.1. The molecule has 1 aliphatic rings. The number of aliphatic hydroxyl groups excluding tert-OH is 1. The molecule has 198 valence electrons. The van der Waals surface area contributed by atoms with Crippen molar-refractivity contribution in [3.05, 3.63) is 89.0 Å².